The molecule has 1 aliphatic rings. The van der Waals surface area contributed by atoms with E-state index in [-0.39, 0.29) is 36.4 Å². The number of amides is 3. The van der Waals surface area contributed by atoms with Crippen molar-refractivity contribution in [2.45, 2.75) is 33.1 Å². The van der Waals surface area contributed by atoms with E-state index in [0.717, 1.165) is 11.3 Å². The van der Waals surface area contributed by atoms with Crippen LogP contribution in [0.3, 0.4) is 0 Å². The van der Waals surface area contributed by atoms with Crippen LogP contribution >= 0.6 is 0 Å². The fourth-order valence-corrected chi connectivity index (χ4v) is 2.73. The third kappa shape index (κ3) is 3.76. The number of fused-ring (bicyclic) bond motifs is 1. The molecule has 0 aromatic carbocycles. The van der Waals surface area contributed by atoms with Crippen LogP contribution in [0.2, 0.25) is 0 Å². The van der Waals surface area contributed by atoms with Gasteiger partial charge in [0.15, 0.2) is 0 Å². The Labute approximate surface area is 150 Å². The highest BCUT2D eigenvalue weighted by Gasteiger charge is 2.36. The number of imide groups is 1. The highest BCUT2D eigenvalue weighted by Crippen LogP contribution is 2.20. The van der Waals surface area contributed by atoms with Crippen molar-refractivity contribution in [3.63, 3.8) is 0 Å². The van der Waals surface area contributed by atoms with Gasteiger partial charge in [0, 0.05) is 25.6 Å². The summed E-state index contributed by atoms with van der Waals surface area (Å²) in [5.74, 6) is 0.323. The third-order valence-corrected chi connectivity index (χ3v) is 3.90. The van der Waals surface area contributed by atoms with Crippen LogP contribution in [0.25, 0.3) is 0 Å². The minimum atomic E-state index is -0.418. The van der Waals surface area contributed by atoms with Crippen molar-refractivity contribution in [3.05, 3.63) is 35.4 Å². The highest BCUT2D eigenvalue weighted by molar-refractivity contribution is 6.20. The molecule has 0 radical (unpaired) electrons. The SMILES string of the molecule is CC(C)Cc1nc(NC(=O)CCCN2C(=O)c3cccnc3C2=O)n[nH]1. The summed E-state index contributed by atoms with van der Waals surface area (Å²) in [7, 11) is 0. The van der Waals surface area contributed by atoms with Crippen molar-refractivity contribution in [3.8, 4) is 0 Å². The van der Waals surface area contributed by atoms with Gasteiger partial charge in [0.2, 0.25) is 11.9 Å². The number of carbonyl (C=O) groups excluding carboxylic acids is 3. The lowest BCUT2D eigenvalue weighted by atomic mass is 10.1. The molecule has 2 aromatic heterocycles. The van der Waals surface area contributed by atoms with E-state index in [1.807, 2.05) is 0 Å². The minimum Gasteiger partial charge on any atom is -0.293 e. The largest absolute Gasteiger partial charge is 0.293 e. The number of carbonyl (C=O) groups is 3. The molecule has 9 nitrogen and oxygen atoms in total. The molecule has 1 aliphatic heterocycles. The maximum Gasteiger partial charge on any atom is 0.280 e. The Balaban J connectivity index is 1.48. The van der Waals surface area contributed by atoms with Crippen LogP contribution in [0.15, 0.2) is 18.3 Å². The molecule has 0 aliphatic carbocycles. The van der Waals surface area contributed by atoms with E-state index in [1.54, 1.807) is 12.1 Å². The topological polar surface area (TPSA) is 121 Å². The first-order valence-corrected chi connectivity index (χ1v) is 8.48. The second kappa shape index (κ2) is 7.42. The Morgan fingerprint density at radius 3 is 2.85 bits per heavy atom. The molecule has 0 unspecified atom stereocenters. The molecule has 2 N–H and O–H groups in total. The van der Waals surface area contributed by atoms with Crippen molar-refractivity contribution in [2.75, 3.05) is 11.9 Å². The van der Waals surface area contributed by atoms with E-state index in [0.29, 0.717) is 23.7 Å². The molecule has 26 heavy (non-hydrogen) atoms. The third-order valence-electron chi connectivity index (χ3n) is 3.90. The number of H-pyrrole nitrogens is 1. The van der Waals surface area contributed by atoms with Gasteiger partial charge in [-0.25, -0.2) is 0 Å². The van der Waals surface area contributed by atoms with Gasteiger partial charge in [-0.05, 0) is 24.5 Å². The fraction of sp³-hybridized carbons (Fsp3) is 0.412. The van der Waals surface area contributed by atoms with Gasteiger partial charge in [-0.15, -0.1) is 5.10 Å². The zero-order valence-corrected chi connectivity index (χ0v) is 14.7. The van der Waals surface area contributed by atoms with Crippen LogP contribution in [0.4, 0.5) is 5.95 Å². The first kappa shape index (κ1) is 17.7. The Hall–Kier alpha value is -3.10. The number of pyridine rings is 1. The average Bonchev–Trinajstić information content (AvgIpc) is 3.12. The molecule has 0 fully saturated rings. The molecule has 0 spiro atoms. The van der Waals surface area contributed by atoms with Crippen LogP contribution in [-0.4, -0.2) is 49.3 Å². The summed E-state index contributed by atoms with van der Waals surface area (Å²) in [6.45, 7) is 4.29. The second-order valence-electron chi connectivity index (χ2n) is 6.52. The Morgan fingerprint density at radius 1 is 1.31 bits per heavy atom. The number of rotatable bonds is 7. The molecule has 3 amide bonds. The first-order valence-electron chi connectivity index (χ1n) is 8.48. The molecule has 0 saturated heterocycles. The second-order valence-corrected chi connectivity index (χ2v) is 6.52. The number of aromatic nitrogens is 4. The predicted octanol–water partition coefficient (Wildman–Crippen LogP) is 1.41. The minimum absolute atomic E-state index is 0.148. The Bertz CT molecular complexity index is 810. The summed E-state index contributed by atoms with van der Waals surface area (Å²) in [5, 5.41) is 9.34. The lowest BCUT2D eigenvalue weighted by Crippen LogP contribution is -2.31. The van der Waals surface area contributed by atoms with Crippen molar-refractivity contribution in [1.82, 2.24) is 25.1 Å². The molecule has 0 atom stereocenters. The number of nitrogens with one attached hydrogen (secondary N) is 2. The quantitative estimate of drug-likeness (QED) is 0.724. The van der Waals surface area contributed by atoms with Gasteiger partial charge in [-0.2, -0.15) is 4.98 Å². The average molecular weight is 356 g/mol. The Morgan fingerprint density at radius 2 is 2.12 bits per heavy atom. The molecular formula is C17H20N6O3. The summed E-state index contributed by atoms with van der Waals surface area (Å²) in [5.41, 5.74) is 0.473. The smallest absolute Gasteiger partial charge is 0.280 e. The van der Waals surface area contributed by atoms with Gasteiger partial charge in [-0.3, -0.25) is 34.7 Å². The van der Waals surface area contributed by atoms with Gasteiger partial charge < -0.3 is 0 Å². The summed E-state index contributed by atoms with van der Waals surface area (Å²) in [4.78, 5) is 45.7. The zero-order chi connectivity index (χ0) is 18.7. The summed E-state index contributed by atoms with van der Waals surface area (Å²) in [6, 6.07) is 3.19. The zero-order valence-electron chi connectivity index (χ0n) is 14.7. The number of anilines is 1. The van der Waals surface area contributed by atoms with E-state index in [9.17, 15) is 14.4 Å². The number of nitrogens with zero attached hydrogens (tertiary/aromatic N) is 4. The molecule has 136 valence electrons. The van der Waals surface area contributed by atoms with Gasteiger partial charge in [0.1, 0.15) is 11.5 Å². The van der Waals surface area contributed by atoms with Gasteiger partial charge in [0.05, 0.1) is 5.56 Å². The molecule has 0 saturated carbocycles. The fourth-order valence-electron chi connectivity index (χ4n) is 2.73. The normalized spacial score (nSPS) is 13.4. The lowest BCUT2D eigenvalue weighted by molar-refractivity contribution is -0.116. The van der Waals surface area contributed by atoms with E-state index in [1.165, 1.54) is 6.20 Å². The summed E-state index contributed by atoms with van der Waals surface area (Å²) >= 11 is 0. The van der Waals surface area contributed by atoms with Gasteiger partial charge >= 0.3 is 0 Å². The van der Waals surface area contributed by atoms with Crippen molar-refractivity contribution < 1.29 is 14.4 Å². The van der Waals surface area contributed by atoms with Crippen LogP contribution in [-0.2, 0) is 11.2 Å². The first-order chi connectivity index (χ1) is 12.5. The van der Waals surface area contributed by atoms with E-state index in [4.69, 9.17) is 0 Å². The van der Waals surface area contributed by atoms with Crippen LogP contribution in [0.1, 0.15) is 53.4 Å². The Kier molecular flexibility index (Phi) is 5.06. The monoisotopic (exact) mass is 356 g/mol. The van der Waals surface area contributed by atoms with E-state index in [2.05, 4.69) is 39.3 Å². The molecule has 9 heteroatoms. The van der Waals surface area contributed by atoms with Crippen molar-refractivity contribution >= 4 is 23.7 Å². The molecule has 0 bridgehead atoms. The number of hydrogen-bond acceptors (Lipinski definition) is 6. The predicted molar refractivity (Wildman–Crippen MR) is 92.4 cm³/mol. The molecule has 3 rings (SSSR count). The molecular weight excluding hydrogens is 336 g/mol. The standard InChI is InChI=1S/C17H20N6O3/c1-10(2)9-12-19-17(22-21-12)20-13(24)6-4-8-23-15(25)11-5-3-7-18-14(11)16(23)26/h3,5,7,10H,4,6,8-9H2,1-2H3,(H2,19,20,21,22,24). The number of hydrogen-bond donors (Lipinski definition) is 2. The highest BCUT2D eigenvalue weighted by atomic mass is 16.2. The number of aromatic amines is 1. The summed E-state index contributed by atoms with van der Waals surface area (Å²) < 4.78 is 0. The maximum absolute atomic E-state index is 12.2. The van der Waals surface area contributed by atoms with Crippen LogP contribution in [0, 0.1) is 5.92 Å². The lowest BCUT2D eigenvalue weighted by Gasteiger charge is -2.12. The van der Waals surface area contributed by atoms with Crippen LogP contribution in [0.5, 0.6) is 0 Å². The van der Waals surface area contributed by atoms with E-state index >= 15 is 0 Å². The molecule has 2 aromatic rings. The maximum atomic E-state index is 12.2. The van der Waals surface area contributed by atoms with E-state index < -0.39 is 5.91 Å². The van der Waals surface area contributed by atoms with Gasteiger partial charge in [0.25, 0.3) is 11.8 Å². The van der Waals surface area contributed by atoms with Gasteiger partial charge in [-0.1, -0.05) is 13.8 Å². The van der Waals surface area contributed by atoms with Crippen molar-refractivity contribution in [2.24, 2.45) is 5.92 Å². The van der Waals surface area contributed by atoms with Crippen molar-refractivity contribution in [1.29, 1.82) is 0 Å². The van der Waals surface area contributed by atoms with Crippen LogP contribution < -0.4 is 5.32 Å². The summed E-state index contributed by atoms with van der Waals surface area (Å²) in [6.07, 6.45) is 2.72. The molecule has 3 heterocycles.